The third-order valence-corrected chi connectivity index (χ3v) is 9.79. The maximum atomic E-state index is 14.8. The van der Waals surface area contributed by atoms with Gasteiger partial charge in [-0.25, -0.2) is 19.3 Å². The van der Waals surface area contributed by atoms with Crippen LogP contribution < -0.4 is 10.2 Å². The number of rotatable bonds is 2. The minimum absolute atomic E-state index is 0.0154. The summed E-state index contributed by atoms with van der Waals surface area (Å²) < 4.78 is 49.2. The van der Waals surface area contributed by atoms with Crippen LogP contribution in [0.1, 0.15) is 42.6 Å². The van der Waals surface area contributed by atoms with E-state index in [4.69, 9.17) is 0 Å². The normalized spacial score (nSPS) is 21.1. The lowest BCUT2D eigenvalue weighted by Gasteiger charge is -2.39. The Hall–Kier alpha value is -4.99. The van der Waals surface area contributed by atoms with E-state index in [1.807, 2.05) is 33.5 Å². The van der Waals surface area contributed by atoms with Gasteiger partial charge in [0.2, 0.25) is 5.82 Å². The number of carbonyl (C=O) groups excluding carboxylic acids is 1. The second-order valence-corrected chi connectivity index (χ2v) is 12.4. The van der Waals surface area contributed by atoms with Gasteiger partial charge in [-0.2, -0.15) is 18.4 Å². The number of alkyl halides is 3. The number of aromatic nitrogens is 5. The van der Waals surface area contributed by atoms with Gasteiger partial charge in [0.05, 0.1) is 28.6 Å². The molecule has 0 aliphatic carbocycles. The average molecular weight is 614 g/mol. The summed E-state index contributed by atoms with van der Waals surface area (Å²) >= 11 is 0. The fourth-order valence-electron chi connectivity index (χ4n) is 7.84. The average Bonchev–Trinajstić information content (AvgIpc) is 3.78. The number of anilines is 2. The number of benzene rings is 1. The van der Waals surface area contributed by atoms with E-state index < -0.39 is 11.7 Å². The molecule has 10 nitrogen and oxygen atoms in total. The standard InChI is InChI=1S/C32H30F3N9O/c1-40-10-7-18-12-25(39-19-13-20-5-6-21(14-19)44(20)31(45)43-11-8-37-26(43)16-36)42-9-3-4-22(29(18)42)27-23(32(33,34)35)15-24-28(30(27)40)38-17-41(24)2/h3-4,8-9,11-12,15,17,19-21,39H,5-7,10,13-14H2,1-2H3. The van der Waals surface area contributed by atoms with Crippen LogP contribution in [0.25, 0.3) is 27.7 Å². The number of nitrogens with one attached hydrogen (secondary N) is 1. The predicted octanol–water partition coefficient (Wildman–Crippen LogP) is 5.65. The Kier molecular flexibility index (Phi) is 5.97. The Morgan fingerprint density at radius 3 is 2.62 bits per heavy atom. The monoisotopic (exact) mass is 613 g/mol. The lowest BCUT2D eigenvalue weighted by atomic mass is 9.92. The molecule has 0 spiro atoms. The first-order valence-corrected chi connectivity index (χ1v) is 15.1. The number of hydrogen-bond donors (Lipinski definition) is 1. The van der Waals surface area contributed by atoms with Crippen molar-refractivity contribution in [2.24, 2.45) is 7.05 Å². The summed E-state index contributed by atoms with van der Waals surface area (Å²) in [6, 6.07) is 8.72. The van der Waals surface area contributed by atoms with Gasteiger partial charge in [-0.1, -0.05) is 6.07 Å². The number of nitrogens with zero attached hydrogens (tertiary/aromatic N) is 8. The van der Waals surface area contributed by atoms with Gasteiger partial charge in [-0.3, -0.25) is 0 Å². The van der Waals surface area contributed by atoms with Crippen molar-refractivity contribution in [1.29, 1.82) is 5.26 Å². The number of nitriles is 1. The molecule has 8 rings (SSSR count). The van der Waals surface area contributed by atoms with Crippen molar-refractivity contribution in [1.82, 2.24) is 28.4 Å². The van der Waals surface area contributed by atoms with Gasteiger partial charge >= 0.3 is 12.2 Å². The SMILES string of the molecule is CN1CCc2cc(NC3CC4CCC(C3)N4C(=O)n3ccnc3C#N)n3cccc(c23)-c2c(C(F)(F)F)cc3c(ncn3C)c21. The zero-order valence-corrected chi connectivity index (χ0v) is 24.7. The van der Waals surface area contributed by atoms with Crippen LogP contribution in [0.4, 0.5) is 29.5 Å². The highest BCUT2D eigenvalue weighted by atomic mass is 19.4. The molecule has 1 aromatic carbocycles. The quantitative estimate of drug-likeness (QED) is 0.277. The molecular weight excluding hydrogens is 583 g/mol. The molecule has 0 radical (unpaired) electrons. The Morgan fingerprint density at radius 1 is 1.11 bits per heavy atom. The molecule has 0 saturated carbocycles. The van der Waals surface area contributed by atoms with E-state index >= 15 is 0 Å². The molecule has 4 aromatic heterocycles. The van der Waals surface area contributed by atoms with E-state index in [1.165, 1.54) is 23.0 Å². The molecule has 5 aromatic rings. The smallest absolute Gasteiger partial charge is 0.372 e. The van der Waals surface area contributed by atoms with Gasteiger partial charge in [-0.05, 0) is 55.9 Å². The number of fused-ring (bicyclic) bond motifs is 6. The van der Waals surface area contributed by atoms with Gasteiger partial charge in [0.25, 0.3) is 0 Å². The first kappa shape index (κ1) is 27.6. The zero-order chi connectivity index (χ0) is 31.2. The molecule has 230 valence electrons. The number of piperidine rings is 1. The largest absolute Gasteiger partial charge is 0.417 e. The van der Waals surface area contributed by atoms with Crippen molar-refractivity contribution in [2.45, 2.75) is 56.4 Å². The van der Waals surface area contributed by atoms with Gasteiger partial charge in [0.15, 0.2) is 0 Å². The Bertz CT molecular complexity index is 2030. The van der Waals surface area contributed by atoms with Crippen molar-refractivity contribution in [3.05, 3.63) is 66.1 Å². The summed E-state index contributed by atoms with van der Waals surface area (Å²) in [5.74, 6) is 0.899. The minimum atomic E-state index is -4.57. The third kappa shape index (κ3) is 4.11. The van der Waals surface area contributed by atoms with E-state index in [0.717, 1.165) is 42.6 Å². The maximum Gasteiger partial charge on any atom is 0.417 e. The number of pyridine rings is 1. The highest BCUT2D eigenvalue weighted by molar-refractivity contribution is 6.04. The van der Waals surface area contributed by atoms with Crippen molar-refractivity contribution in [2.75, 3.05) is 23.8 Å². The summed E-state index contributed by atoms with van der Waals surface area (Å²) in [6.45, 7) is 0.525. The number of aryl methyl sites for hydroxylation is 1. The molecule has 2 fully saturated rings. The summed E-state index contributed by atoms with van der Waals surface area (Å²) in [7, 11) is 3.55. The van der Waals surface area contributed by atoms with Crippen molar-refractivity contribution in [3.8, 4) is 17.2 Å². The molecule has 3 aliphatic heterocycles. The topological polar surface area (TPSA) is 99.4 Å². The summed E-state index contributed by atoms with van der Waals surface area (Å²) in [5, 5.41) is 13.1. The zero-order valence-electron chi connectivity index (χ0n) is 24.7. The van der Waals surface area contributed by atoms with E-state index in [2.05, 4.69) is 21.4 Å². The van der Waals surface area contributed by atoms with E-state index in [-0.39, 0.29) is 35.5 Å². The number of hydrogen-bond acceptors (Lipinski definition) is 6. The maximum absolute atomic E-state index is 14.8. The number of likely N-dealkylation sites (N-methyl/N-ethyl adjacent to an activating group) is 1. The summed E-state index contributed by atoms with van der Waals surface area (Å²) in [6.07, 6.45) is 5.73. The van der Waals surface area contributed by atoms with Crippen LogP contribution in [-0.4, -0.2) is 66.2 Å². The molecule has 2 bridgehead atoms. The molecule has 45 heavy (non-hydrogen) atoms. The molecule has 1 amide bonds. The van der Waals surface area contributed by atoms with Gasteiger partial charge in [0.1, 0.15) is 17.4 Å². The van der Waals surface area contributed by atoms with Crippen LogP contribution in [0.15, 0.2) is 49.2 Å². The van der Waals surface area contributed by atoms with Crippen LogP contribution in [-0.2, 0) is 19.6 Å². The molecule has 1 N–H and O–H groups in total. The number of imidazole rings is 2. The van der Waals surface area contributed by atoms with Crippen LogP contribution >= 0.6 is 0 Å². The van der Waals surface area contributed by atoms with Crippen LogP contribution in [0.3, 0.4) is 0 Å². The number of amides is 1. The van der Waals surface area contributed by atoms with Gasteiger partial charge in [-0.15, -0.1) is 0 Å². The van der Waals surface area contributed by atoms with E-state index in [0.29, 0.717) is 35.2 Å². The minimum Gasteiger partial charge on any atom is -0.372 e. The molecule has 13 heteroatoms. The van der Waals surface area contributed by atoms with E-state index in [9.17, 15) is 23.2 Å². The highest BCUT2D eigenvalue weighted by Gasteiger charge is 2.44. The fourth-order valence-corrected chi connectivity index (χ4v) is 7.84. The number of halogens is 3. The van der Waals surface area contributed by atoms with Crippen LogP contribution in [0, 0.1) is 11.3 Å². The summed E-state index contributed by atoms with van der Waals surface area (Å²) in [5.41, 5.74) is 3.20. The van der Waals surface area contributed by atoms with E-state index in [1.54, 1.807) is 30.1 Å². The molecule has 2 atom stereocenters. The molecule has 2 unspecified atom stereocenters. The molecular formula is C32H30F3N9O. The number of carbonyl (C=O) groups is 1. The first-order chi connectivity index (χ1) is 21.6. The highest BCUT2D eigenvalue weighted by Crippen LogP contribution is 2.49. The molecule has 7 heterocycles. The lowest BCUT2D eigenvalue weighted by molar-refractivity contribution is -0.137. The summed E-state index contributed by atoms with van der Waals surface area (Å²) in [4.78, 5) is 25.7. The molecule has 3 aliphatic rings. The van der Waals surface area contributed by atoms with Crippen molar-refractivity contribution in [3.63, 3.8) is 0 Å². The Labute approximate surface area is 256 Å². The predicted molar refractivity (Wildman–Crippen MR) is 162 cm³/mol. The third-order valence-electron chi connectivity index (χ3n) is 9.79. The van der Waals surface area contributed by atoms with Crippen molar-refractivity contribution < 1.29 is 18.0 Å². The fraction of sp³-hybridized carbons (Fsp3) is 0.375. The first-order valence-electron chi connectivity index (χ1n) is 15.1. The van der Waals surface area contributed by atoms with Crippen molar-refractivity contribution >= 4 is 34.1 Å². The van der Waals surface area contributed by atoms with Gasteiger partial charge < -0.3 is 24.1 Å². The Morgan fingerprint density at radius 2 is 1.89 bits per heavy atom. The van der Waals surface area contributed by atoms with Crippen LogP contribution in [0.5, 0.6) is 0 Å². The lowest BCUT2D eigenvalue weighted by Crippen LogP contribution is -2.51. The Balaban J connectivity index is 1.18. The van der Waals surface area contributed by atoms with Gasteiger partial charge in [0, 0.05) is 68.5 Å². The molecule has 2 saturated heterocycles. The second kappa shape index (κ2) is 9.76. The second-order valence-electron chi connectivity index (χ2n) is 12.4. The van der Waals surface area contributed by atoms with Crippen LogP contribution in [0.2, 0.25) is 0 Å².